The van der Waals surface area contributed by atoms with Crippen molar-refractivity contribution < 1.29 is 13.2 Å². The summed E-state index contributed by atoms with van der Waals surface area (Å²) in [5.41, 5.74) is 1.15. The lowest BCUT2D eigenvalue weighted by atomic mass is 10.1. The van der Waals surface area contributed by atoms with Gasteiger partial charge in [-0.1, -0.05) is 29.8 Å². The van der Waals surface area contributed by atoms with Gasteiger partial charge in [-0.25, -0.2) is 12.7 Å². The van der Waals surface area contributed by atoms with Crippen LogP contribution in [0.5, 0.6) is 0 Å². The number of hydrogen-bond acceptors (Lipinski definition) is 3. The number of hydrogen-bond donors (Lipinski definition) is 0. The largest absolute Gasteiger partial charge is 0.289 e. The van der Waals surface area contributed by atoms with E-state index in [-0.39, 0.29) is 10.7 Å². The van der Waals surface area contributed by atoms with Crippen molar-refractivity contribution in [3.8, 4) is 0 Å². The summed E-state index contributed by atoms with van der Waals surface area (Å²) in [6.07, 6.45) is 3.05. The summed E-state index contributed by atoms with van der Waals surface area (Å²) in [6, 6.07) is 13.0. The summed E-state index contributed by atoms with van der Waals surface area (Å²) in [5, 5.41) is 0.559. The molecule has 0 heterocycles. The minimum absolute atomic E-state index is 0.147. The Morgan fingerprint density at radius 2 is 1.65 bits per heavy atom. The monoisotopic (exact) mass is 349 g/mol. The number of rotatable bonds is 5. The van der Waals surface area contributed by atoms with Gasteiger partial charge in [-0.3, -0.25) is 4.79 Å². The van der Waals surface area contributed by atoms with Crippen molar-refractivity contribution in [1.29, 1.82) is 0 Å². The minimum atomic E-state index is -3.49. The second kappa shape index (κ2) is 7.08. The first-order valence-electron chi connectivity index (χ1n) is 6.82. The molecule has 0 aliphatic rings. The maximum atomic E-state index is 12.1. The highest BCUT2D eigenvalue weighted by Crippen LogP contribution is 2.18. The zero-order valence-corrected chi connectivity index (χ0v) is 14.3. The first kappa shape index (κ1) is 17.4. The van der Waals surface area contributed by atoms with Crippen molar-refractivity contribution >= 4 is 33.5 Å². The van der Waals surface area contributed by atoms with E-state index in [9.17, 15) is 13.2 Å². The quantitative estimate of drug-likeness (QED) is 0.613. The first-order chi connectivity index (χ1) is 10.8. The Kier molecular flexibility index (Phi) is 5.36. The lowest BCUT2D eigenvalue weighted by molar-refractivity contribution is 0.104. The molecule has 0 spiro atoms. The molecule has 0 radical (unpaired) electrons. The molecule has 2 rings (SSSR count). The van der Waals surface area contributed by atoms with Gasteiger partial charge >= 0.3 is 0 Å². The lowest BCUT2D eigenvalue weighted by Crippen LogP contribution is -2.22. The van der Waals surface area contributed by atoms with Crippen LogP contribution in [0.3, 0.4) is 0 Å². The standard InChI is InChI=1S/C17H16ClNO3S/c1-19(2)23(21,22)15-10-7-14(8-11-15)17(20)12-9-13-5-3-4-6-16(13)18/h3-12H,1-2H3/b12-9+. The van der Waals surface area contributed by atoms with Crippen molar-refractivity contribution in [2.24, 2.45) is 0 Å². The number of allylic oxidation sites excluding steroid dienone is 1. The Labute approximate surface area is 141 Å². The number of carbonyl (C=O) groups is 1. The summed E-state index contributed by atoms with van der Waals surface area (Å²) in [5.74, 6) is -0.223. The molecule has 6 heteroatoms. The smallest absolute Gasteiger partial charge is 0.242 e. The highest BCUT2D eigenvalue weighted by atomic mass is 35.5. The molecule has 0 bridgehead atoms. The van der Waals surface area contributed by atoms with Crippen molar-refractivity contribution in [3.63, 3.8) is 0 Å². The van der Waals surface area contributed by atoms with Gasteiger partial charge in [-0.15, -0.1) is 0 Å². The molecule has 0 saturated carbocycles. The number of carbonyl (C=O) groups excluding carboxylic acids is 1. The molecule has 0 atom stereocenters. The van der Waals surface area contributed by atoms with Gasteiger partial charge in [-0.05, 0) is 48.0 Å². The SMILES string of the molecule is CN(C)S(=O)(=O)c1ccc(C(=O)/C=C/c2ccccc2Cl)cc1. The van der Waals surface area contributed by atoms with Crippen LogP contribution in [0, 0.1) is 0 Å². The molecule has 23 heavy (non-hydrogen) atoms. The van der Waals surface area contributed by atoms with Crippen LogP contribution in [0.2, 0.25) is 5.02 Å². The van der Waals surface area contributed by atoms with Gasteiger partial charge in [0, 0.05) is 24.7 Å². The van der Waals surface area contributed by atoms with Crippen molar-refractivity contribution in [2.45, 2.75) is 4.90 Å². The van der Waals surface area contributed by atoms with E-state index in [1.807, 2.05) is 12.1 Å². The van der Waals surface area contributed by atoms with Gasteiger partial charge in [0.1, 0.15) is 0 Å². The van der Waals surface area contributed by atoms with E-state index in [1.165, 1.54) is 44.4 Å². The number of halogens is 1. The Balaban J connectivity index is 2.20. The molecule has 0 saturated heterocycles. The maximum Gasteiger partial charge on any atom is 0.242 e. The molecular formula is C17H16ClNO3S. The van der Waals surface area contributed by atoms with Gasteiger partial charge in [0.15, 0.2) is 5.78 Å². The minimum Gasteiger partial charge on any atom is -0.289 e. The van der Waals surface area contributed by atoms with E-state index in [0.29, 0.717) is 10.6 Å². The second-order valence-corrected chi connectivity index (χ2v) is 7.59. The molecule has 0 fully saturated rings. The predicted molar refractivity (Wildman–Crippen MR) is 92.1 cm³/mol. The molecule has 0 unspecified atom stereocenters. The summed E-state index contributed by atoms with van der Waals surface area (Å²) < 4.78 is 25.1. The van der Waals surface area contributed by atoms with E-state index in [4.69, 9.17) is 11.6 Å². The van der Waals surface area contributed by atoms with E-state index in [2.05, 4.69) is 0 Å². The Bertz CT molecular complexity index is 840. The van der Waals surface area contributed by atoms with Crippen LogP contribution < -0.4 is 0 Å². The van der Waals surface area contributed by atoms with Crippen LogP contribution in [0.25, 0.3) is 6.08 Å². The zero-order valence-electron chi connectivity index (χ0n) is 12.7. The zero-order chi connectivity index (χ0) is 17.0. The fourth-order valence-electron chi connectivity index (χ4n) is 1.87. The van der Waals surface area contributed by atoms with E-state index < -0.39 is 10.0 Å². The molecular weight excluding hydrogens is 334 g/mol. The van der Waals surface area contributed by atoms with E-state index in [0.717, 1.165) is 9.87 Å². The second-order valence-electron chi connectivity index (χ2n) is 5.03. The van der Waals surface area contributed by atoms with E-state index in [1.54, 1.807) is 18.2 Å². The Morgan fingerprint density at radius 1 is 1.04 bits per heavy atom. The van der Waals surface area contributed by atoms with Crippen molar-refractivity contribution in [1.82, 2.24) is 4.31 Å². The van der Waals surface area contributed by atoms with Crippen LogP contribution in [-0.2, 0) is 10.0 Å². The highest BCUT2D eigenvalue weighted by Gasteiger charge is 2.17. The molecule has 120 valence electrons. The third kappa shape index (κ3) is 4.07. The summed E-state index contributed by atoms with van der Waals surface area (Å²) >= 11 is 6.02. The van der Waals surface area contributed by atoms with Crippen LogP contribution in [0.15, 0.2) is 59.5 Å². The highest BCUT2D eigenvalue weighted by molar-refractivity contribution is 7.89. The van der Waals surface area contributed by atoms with Crippen LogP contribution >= 0.6 is 11.6 Å². The Morgan fingerprint density at radius 3 is 2.22 bits per heavy atom. The third-order valence-corrected chi connectivity index (χ3v) is 5.41. The van der Waals surface area contributed by atoms with Crippen LogP contribution in [0.1, 0.15) is 15.9 Å². The molecule has 0 aliphatic heterocycles. The van der Waals surface area contributed by atoms with Crippen molar-refractivity contribution in [3.05, 3.63) is 70.8 Å². The topological polar surface area (TPSA) is 54.5 Å². The summed E-state index contributed by atoms with van der Waals surface area (Å²) in [7, 11) is -0.576. The lowest BCUT2D eigenvalue weighted by Gasteiger charge is -2.11. The number of sulfonamides is 1. The van der Waals surface area contributed by atoms with Crippen molar-refractivity contribution in [2.75, 3.05) is 14.1 Å². The molecule has 2 aromatic carbocycles. The van der Waals surface area contributed by atoms with Gasteiger partial charge in [-0.2, -0.15) is 0 Å². The average Bonchev–Trinajstić information content (AvgIpc) is 2.53. The molecule has 2 aromatic rings. The van der Waals surface area contributed by atoms with Gasteiger partial charge in [0.05, 0.1) is 4.90 Å². The average molecular weight is 350 g/mol. The van der Waals surface area contributed by atoms with Gasteiger partial charge in [0.25, 0.3) is 0 Å². The van der Waals surface area contributed by atoms with Gasteiger partial charge < -0.3 is 0 Å². The van der Waals surface area contributed by atoms with Crippen LogP contribution in [0.4, 0.5) is 0 Å². The number of benzene rings is 2. The summed E-state index contributed by atoms with van der Waals surface area (Å²) in [4.78, 5) is 12.3. The normalized spacial score (nSPS) is 12.0. The molecule has 0 N–H and O–H groups in total. The first-order valence-corrected chi connectivity index (χ1v) is 8.63. The Hall–Kier alpha value is -1.95. The fourth-order valence-corrected chi connectivity index (χ4v) is 2.97. The molecule has 0 aliphatic carbocycles. The summed E-state index contributed by atoms with van der Waals surface area (Å²) in [6.45, 7) is 0. The van der Waals surface area contributed by atoms with Gasteiger partial charge in [0.2, 0.25) is 10.0 Å². The third-order valence-electron chi connectivity index (χ3n) is 3.24. The number of ketones is 1. The molecule has 0 amide bonds. The maximum absolute atomic E-state index is 12.1. The fraction of sp³-hybridized carbons (Fsp3) is 0.118. The predicted octanol–water partition coefficient (Wildman–Crippen LogP) is 3.49. The molecule has 4 nitrogen and oxygen atoms in total. The van der Waals surface area contributed by atoms with E-state index >= 15 is 0 Å². The van der Waals surface area contributed by atoms with Crippen LogP contribution in [-0.4, -0.2) is 32.6 Å². The molecule has 0 aromatic heterocycles. The number of nitrogens with zero attached hydrogens (tertiary/aromatic N) is 1.